The summed E-state index contributed by atoms with van der Waals surface area (Å²) in [4.78, 5) is 2.60. The molecule has 0 saturated heterocycles. The van der Waals surface area contributed by atoms with Crippen LogP contribution in [0.5, 0.6) is 5.75 Å². The van der Waals surface area contributed by atoms with E-state index in [1.807, 2.05) is 0 Å². The molecule has 1 aromatic heterocycles. The molecule has 4 rings (SSSR count). The fourth-order valence-electron chi connectivity index (χ4n) is 4.25. The first-order chi connectivity index (χ1) is 13.3. The summed E-state index contributed by atoms with van der Waals surface area (Å²) in [5.41, 5.74) is 5.41. The van der Waals surface area contributed by atoms with Gasteiger partial charge in [-0.1, -0.05) is 19.9 Å². The van der Waals surface area contributed by atoms with Gasteiger partial charge in [0.05, 0.1) is 38.3 Å². The van der Waals surface area contributed by atoms with E-state index in [1.54, 1.807) is 7.11 Å². The van der Waals surface area contributed by atoms with E-state index in [4.69, 9.17) is 14.6 Å². The predicted molar refractivity (Wildman–Crippen MR) is 110 cm³/mol. The molecule has 0 fully saturated rings. The molecule has 0 N–H and O–H groups in total. The van der Waals surface area contributed by atoms with E-state index in [0.29, 0.717) is 6.61 Å². The molecular weight excluding hydrogens is 350 g/mol. The summed E-state index contributed by atoms with van der Waals surface area (Å²) in [6, 6.07) is 8.71. The van der Waals surface area contributed by atoms with Crippen LogP contribution in [0.4, 0.5) is 0 Å². The van der Waals surface area contributed by atoms with Gasteiger partial charge < -0.3 is 9.47 Å². The van der Waals surface area contributed by atoms with Gasteiger partial charge in [0.25, 0.3) is 0 Å². The van der Waals surface area contributed by atoms with E-state index >= 15 is 0 Å². The van der Waals surface area contributed by atoms with Gasteiger partial charge in [-0.3, -0.25) is 9.58 Å². The van der Waals surface area contributed by atoms with Crippen molar-refractivity contribution in [1.82, 2.24) is 14.7 Å². The van der Waals surface area contributed by atoms with Gasteiger partial charge in [-0.25, -0.2) is 0 Å². The highest BCUT2D eigenvalue weighted by Gasteiger charge is 2.35. The lowest BCUT2D eigenvalue weighted by atomic mass is 9.80. The first-order valence-corrected chi connectivity index (χ1v) is 10.3. The Bertz CT molecular complexity index is 830. The Morgan fingerprint density at radius 3 is 2.61 bits per heavy atom. The second kappa shape index (κ2) is 7.20. The van der Waals surface area contributed by atoms with Crippen molar-refractivity contribution >= 4 is 0 Å². The van der Waals surface area contributed by atoms with Gasteiger partial charge in [0, 0.05) is 24.0 Å². The number of hydrogen-bond donors (Lipinski definition) is 0. The number of nitrogens with zero attached hydrogens (tertiary/aromatic N) is 3. The Kier molecular flexibility index (Phi) is 5.00. The van der Waals surface area contributed by atoms with Crippen LogP contribution in [0.2, 0.25) is 0 Å². The summed E-state index contributed by atoms with van der Waals surface area (Å²) < 4.78 is 13.1. The van der Waals surface area contributed by atoms with Crippen molar-refractivity contribution in [3.8, 4) is 5.75 Å². The number of fused-ring (bicyclic) bond motifs is 2. The highest BCUT2D eigenvalue weighted by molar-refractivity contribution is 5.38. The number of hydrogen-bond acceptors (Lipinski definition) is 4. The molecule has 1 aromatic carbocycles. The molecule has 2 aliphatic heterocycles. The number of aromatic nitrogens is 2. The minimum Gasteiger partial charge on any atom is -0.497 e. The first kappa shape index (κ1) is 19.5. The topological polar surface area (TPSA) is 39.5 Å². The van der Waals surface area contributed by atoms with Crippen LogP contribution in [-0.2, 0) is 36.4 Å². The molecule has 28 heavy (non-hydrogen) atoms. The summed E-state index contributed by atoms with van der Waals surface area (Å²) in [5.74, 6) is 0.951. The summed E-state index contributed by atoms with van der Waals surface area (Å²) in [5, 5.41) is 4.88. The van der Waals surface area contributed by atoms with Crippen LogP contribution in [0.15, 0.2) is 24.3 Å². The Morgan fingerprint density at radius 1 is 1.07 bits per heavy atom. The zero-order valence-corrected chi connectivity index (χ0v) is 17.9. The zero-order chi connectivity index (χ0) is 19.9. The monoisotopic (exact) mass is 383 g/mol. The molecule has 0 bridgehead atoms. The fourth-order valence-corrected chi connectivity index (χ4v) is 4.25. The molecule has 0 amide bonds. The number of ether oxygens (including phenoxy) is 2. The van der Waals surface area contributed by atoms with Gasteiger partial charge in [0.2, 0.25) is 0 Å². The molecule has 5 nitrogen and oxygen atoms in total. The Labute approximate surface area is 168 Å². The average molecular weight is 384 g/mol. The SMILES string of the molecule is COc1ccc2c(c1)CN(C(C)(C)CCC(C)(C)c1cc3n(n1)CCOC3)C2. The van der Waals surface area contributed by atoms with Gasteiger partial charge in [0.1, 0.15) is 5.75 Å². The second-order valence-electron chi connectivity index (χ2n) is 9.48. The van der Waals surface area contributed by atoms with E-state index in [2.05, 4.69) is 61.5 Å². The molecule has 0 atom stereocenters. The Balaban J connectivity index is 1.42. The molecule has 0 spiro atoms. The van der Waals surface area contributed by atoms with Crippen molar-refractivity contribution in [3.05, 3.63) is 46.8 Å². The van der Waals surface area contributed by atoms with Crippen LogP contribution >= 0.6 is 0 Å². The molecule has 3 heterocycles. The Morgan fingerprint density at radius 2 is 1.86 bits per heavy atom. The lowest BCUT2D eigenvalue weighted by molar-refractivity contribution is 0.0798. The van der Waals surface area contributed by atoms with E-state index in [0.717, 1.165) is 44.8 Å². The van der Waals surface area contributed by atoms with Crippen molar-refractivity contribution in [3.63, 3.8) is 0 Å². The first-order valence-electron chi connectivity index (χ1n) is 10.3. The van der Waals surface area contributed by atoms with Gasteiger partial charge in [0.15, 0.2) is 0 Å². The van der Waals surface area contributed by atoms with Crippen LogP contribution in [-0.4, -0.2) is 33.9 Å². The second-order valence-corrected chi connectivity index (χ2v) is 9.48. The molecule has 0 aliphatic carbocycles. The van der Waals surface area contributed by atoms with E-state index in [1.165, 1.54) is 22.5 Å². The zero-order valence-electron chi connectivity index (χ0n) is 17.9. The average Bonchev–Trinajstić information content (AvgIpc) is 3.30. The highest BCUT2D eigenvalue weighted by Crippen LogP contribution is 2.37. The number of benzene rings is 1. The molecule has 2 aliphatic rings. The van der Waals surface area contributed by atoms with Gasteiger partial charge in [-0.05, 0) is 56.0 Å². The van der Waals surface area contributed by atoms with Crippen molar-refractivity contribution in [1.29, 1.82) is 0 Å². The van der Waals surface area contributed by atoms with Crippen LogP contribution in [0, 0.1) is 0 Å². The smallest absolute Gasteiger partial charge is 0.119 e. The van der Waals surface area contributed by atoms with E-state index < -0.39 is 0 Å². The third kappa shape index (κ3) is 3.70. The fraction of sp³-hybridized carbons (Fsp3) is 0.609. The summed E-state index contributed by atoms with van der Waals surface area (Å²) in [7, 11) is 1.74. The maximum Gasteiger partial charge on any atom is 0.119 e. The van der Waals surface area contributed by atoms with E-state index in [9.17, 15) is 0 Å². The minimum atomic E-state index is 0.0530. The van der Waals surface area contributed by atoms with Gasteiger partial charge >= 0.3 is 0 Å². The van der Waals surface area contributed by atoms with Crippen molar-refractivity contribution in [2.24, 2.45) is 0 Å². The molecule has 5 heteroatoms. The van der Waals surface area contributed by atoms with Gasteiger partial charge in [-0.15, -0.1) is 0 Å². The normalized spacial score (nSPS) is 17.5. The van der Waals surface area contributed by atoms with Crippen LogP contribution in [0.1, 0.15) is 63.1 Å². The van der Waals surface area contributed by atoms with Crippen LogP contribution in [0.3, 0.4) is 0 Å². The quantitative estimate of drug-likeness (QED) is 0.747. The molecular formula is C23H33N3O2. The van der Waals surface area contributed by atoms with Crippen molar-refractivity contribution in [2.75, 3.05) is 13.7 Å². The summed E-state index contributed by atoms with van der Waals surface area (Å²) >= 11 is 0. The molecule has 152 valence electrons. The van der Waals surface area contributed by atoms with Crippen LogP contribution < -0.4 is 4.74 Å². The number of methoxy groups -OCH3 is 1. The predicted octanol–water partition coefficient (Wildman–Crippen LogP) is 4.27. The summed E-state index contributed by atoms with van der Waals surface area (Å²) in [6.45, 7) is 13.7. The lowest BCUT2D eigenvalue weighted by Gasteiger charge is -2.38. The number of rotatable bonds is 6. The maximum atomic E-state index is 5.57. The van der Waals surface area contributed by atoms with Crippen molar-refractivity contribution in [2.45, 2.75) is 77.7 Å². The third-order valence-electron chi connectivity index (χ3n) is 6.61. The largest absolute Gasteiger partial charge is 0.497 e. The van der Waals surface area contributed by atoms with Gasteiger partial charge in [-0.2, -0.15) is 5.10 Å². The summed E-state index contributed by atoms with van der Waals surface area (Å²) in [6.07, 6.45) is 2.23. The maximum absolute atomic E-state index is 5.57. The lowest BCUT2D eigenvalue weighted by Crippen LogP contribution is -2.41. The molecule has 0 radical (unpaired) electrons. The third-order valence-corrected chi connectivity index (χ3v) is 6.61. The standard InChI is InChI=1S/C23H33N3O2/c1-22(2,21-13-19-16-28-11-10-26(19)24-21)8-9-23(3,4)25-14-17-6-7-20(27-5)12-18(17)15-25/h6-7,12-13H,8-11,14-16H2,1-5H3. The highest BCUT2D eigenvalue weighted by atomic mass is 16.5. The van der Waals surface area contributed by atoms with Crippen LogP contribution in [0.25, 0.3) is 0 Å². The Hall–Kier alpha value is -1.85. The molecule has 0 unspecified atom stereocenters. The van der Waals surface area contributed by atoms with Crippen molar-refractivity contribution < 1.29 is 9.47 Å². The molecule has 0 saturated carbocycles. The minimum absolute atomic E-state index is 0.0530. The molecule has 2 aromatic rings. The van der Waals surface area contributed by atoms with E-state index in [-0.39, 0.29) is 11.0 Å².